The molecule has 2 aromatic carbocycles. The smallest absolute Gasteiger partial charge is 0.207 e. The number of hydrogen-bond acceptors (Lipinski definition) is 2. The molecule has 0 amide bonds. The average Bonchev–Trinajstić information content (AvgIpc) is 2.43. The maximum atomic E-state index is 13.1. The highest BCUT2D eigenvalue weighted by molar-refractivity contribution is 7.89. The summed E-state index contributed by atoms with van der Waals surface area (Å²) in [6.07, 6.45) is 0. The summed E-state index contributed by atoms with van der Waals surface area (Å²) >= 11 is 0. The van der Waals surface area contributed by atoms with Crippen LogP contribution in [0.2, 0.25) is 0 Å². The van der Waals surface area contributed by atoms with Crippen LogP contribution in [-0.4, -0.2) is 8.42 Å². The van der Waals surface area contributed by atoms with Gasteiger partial charge >= 0.3 is 0 Å². The van der Waals surface area contributed by atoms with Gasteiger partial charge in [0.1, 0.15) is 5.82 Å². The third-order valence-corrected chi connectivity index (χ3v) is 4.29. The second kappa shape index (κ2) is 5.87. The van der Waals surface area contributed by atoms with Crippen molar-refractivity contribution < 1.29 is 21.6 Å². The second-order valence-electron chi connectivity index (χ2n) is 4.48. The van der Waals surface area contributed by atoms with E-state index in [0.717, 1.165) is 12.1 Å². The van der Waals surface area contributed by atoms with Crippen molar-refractivity contribution in [2.24, 2.45) is 0 Å². The Morgan fingerprint density at radius 3 is 2.24 bits per heavy atom. The predicted octanol–water partition coefficient (Wildman–Crippen LogP) is 2.89. The van der Waals surface area contributed by atoms with Crippen LogP contribution in [0, 0.1) is 24.4 Å². The number of aryl methyl sites for hydroxylation is 1. The van der Waals surface area contributed by atoms with Crippen molar-refractivity contribution in [3.63, 3.8) is 0 Å². The Bertz CT molecular complexity index is 776. The first-order valence-corrected chi connectivity index (χ1v) is 7.47. The number of nitrogens with one attached hydrogen (secondary N) is 1. The van der Waals surface area contributed by atoms with Crippen molar-refractivity contribution >= 4 is 10.0 Å². The highest BCUT2D eigenvalue weighted by Gasteiger charge is 2.16. The van der Waals surface area contributed by atoms with Crippen molar-refractivity contribution in [2.75, 3.05) is 0 Å². The molecule has 0 saturated heterocycles. The van der Waals surface area contributed by atoms with E-state index < -0.39 is 21.7 Å². The molecule has 3 nitrogen and oxygen atoms in total. The molecular formula is C14H12F3NO2S. The van der Waals surface area contributed by atoms with Crippen LogP contribution in [0.5, 0.6) is 0 Å². The van der Waals surface area contributed by atoms with Crippen LogP contribution in [0.1, 0.15) is 11.1 Å². The van der Waals surface area contributed by atoms with Crippen molar-refractivity contribution in [2.45, 2.75) is 18.4 Å². The van der Waals surface area contributed by atoms with Gasteiger partial charge in [-0.2, -0.15) is 0 Å². The molecule has 0 bridgehead atoms. The molecule has 2 rings (SSSR count). The lowest BCUT2D eigenvalue weighted by molar-refractivity contribution is 0.504. The minimum Gasteiger partial charge on any atom is -0.207 e. The van der Waals surface area contributed by atoms with Crippen LogP contribution >= 0.6 is 0 Å². The summed E-state index contributed by atoms with van der Waals surface area (Å²) in [7, 11) is -3.97. The Hall–Kier alpha value is -1.86. The summed E-state index contributed by atoms with van der Waals surface area (Å²) < 4.78 is 65.1. The molecule has 0 radical (unpaired) electrons. The standard InChI is InChI=1S/C14H12F3NO2S/c1-9-6-10(2-4-12(9)15)8-18-21(19,20)11-3-5-13(16)14(17)7-11/h2-7,18H,8H2,1H3. The molecule has 0 heterocycles. The van der Waals surface area contributed by atoms with Crippen LogP contribution in [0.15, 0.2) is 41.3 Å². The Balaban J connectivity index is 2.17. The molecule has 0 unspecified atom stereocenters. The molecule has 0 atom stereocenters. The van der Waals surface area contributed by atoms with E-state index in [-0.39, 0.29) is 17.3 Å². The molecule has 21 heavy (non-hydrogen) atoms. The lowest BCUT2D eigenvalue weighted by atomic mass is 10.1. The second-order valence-corrected chi connectivity index (χ2v) is 6.25. The molecule has 0 aromatic heterocycles. The van der Waals surface area contributed by atoms with Crippen LogP contribution in [-0.2, 0) is 16.6 Å². The van der Waals surface area contributed by atoms with Crippen molar-refractivity contribution in [3.05, 3.63) is 65.0 Å². The van der Waals surface area contributed by atoms with Gasteiger partial charge in [-0.25, -0.2) is 26.3 Å². The van der Waals surface area contributed by atoms with E-state index in [1.54, 1.807) is 6.92 Å². The largest absolute Gasteiger partial charge is 0.240 e. The zero-order valence-corrected chi connectivity index (χ0v) is 11.8. The van der Waals surface area contributed by atoms with Crippen LogP contribution in [0.4, 0.5) is 13.2 Å². The maximum absolute atomic E-state index is 13.1. The van der Waals surface area contributed by atoms with Crippen LogP contribution < -0.4 is 4.72 Å². The average molecular weight is 315 g/mol. The van der Waals surface area contributed by atoms with Gasteiger partial charge in [0, 0.05) is 6.54 Å². The number of hydrogen-bond donors (Lipinski definition) is 1. The lowest BCUT2D eigenvalue weighted by Gasteiger charge is -2.08. The predicted molar refractivity (Wildman–Crippen MR) is 71.5 cm³/mol. The Morgan fingerprint density at radius 2 is 1.62 bits per heavy atom. The summed E-state index contributed by atoms with van der Waals surface area (Å²) in [5.41, 5.74) is 0.944. The molecule has 7 heteroatoms. The summed E-state index contributed by atoms with van der Waals surface area (Å²) in [4.78, 5) is -0.375. The minimum absolute atomic E-state index is 0.0809. The van der Waals surface area contributed by atoms with Crippen molar-refractivity contribution in [1.29, 1.82) is 0 Å². The molecule has 2 aromatic rings. The van der Waals surface area contributed by atoms with E-state index in [4.69, 9.17) is 0 Å². The van der Waals surface area contributed by atoms with E-state index >= 15 is 0 Å². The van der Waals surface area contributed by atoms with E-state index in [9.17, 15) is 21.6 Å². The Labute approximate surface area is 120 Å². The molecule has 1 N–H and O–H groups in total. The van der Waals surface area contributed by atoms with Gasteiger partial charge in [0.15, 0.2) is 11.6 Å². The fraction of sp³-hybridized carbons (Fsp3) is 0.143. The summed E-state index contributed by atoms with van der Waals surface area (Å²) in [6, 6.07) is 6.49. The minimum atomic E-state index is -3.97. The summed E-state index contributed by atoms with van der Waals surface area (Å²) in [6.45, 7) is 1.48. The number of sulfonamides is 1. The molecule has 0 saturated carbocycles. The molecule has 0 spiro atoms. The van der Waals surface area contributed by atoms with Crippen LogP contribution in [0.3, 0.4) is 0 Å². The normalized spacial score (nSPS) is 11.6. The first-order valence-electron chi connectivity index (χ1n) is 5.99. The molecule has 0 aliphatic rings. The van der Waals surface area contributed by atoms with Gasteiger partial charge in [-0.3, -0.25) is 0 Å². The number of rotatable bonds is 4. The van der Waals surface area contributed by atoms with Gasteiger partial charge in [-0.15, -0.1) is 0 Å². The Morgan fingerprint density at radius 1 is 0.952 bits per heavy atom. The first kappa shape index (κ1) is 15.5. The third-order valence-electron chi connectivity index (χ3n) is 2.89. The zero-order chi connectivity index (χ0) is 15.6. The molecule has 0 aliphatic heterocycles. The summed E-state index contributed by atoms with van der Waals surface area (Å²) in [5, 5.41) is 0. The quantitative estimate of drug-likeness (QED) is 0.943. The first-order chi connectivity index (χ1) is 9.79. The maximum Gasteiger partial charge on any atom is 0.240 e. The third kappa shape index (κ3) is 3.62. The fourth-order valence-electron chi connectivity index (χ4n) is 1.72. The lowest BCUT2D eigenvalue weighted by Crippen LogP contribution is -2.23. The molecule has 0 fully saturated rings. The van der Waals surface area contributed by atoms with Gasteiger partial charge in [0.25, 0.3) is 0 Å². The van der Waals surface area contributed by atoms with Gasteiger partial charge in [-0.05, 0) is 42.3 Å². The van der Waals surface area contributed by atoms with Crippen molar-refractivity contribution in [3.8, 4) is 0 Å². The monoisotopic (exact) mass is 315 g/mol. The highest BCUT2D eigenvalue weighted by atomic mass is 32.2. The van der Waals surface area contributed by atoms with Gasteiger partial charge < -0.3 is 0 Å². The van der Waals surface area contributed by atoms with Gasteiger partial charge in [-0.1, -0.05) is 12.1 Å². The number of halogens is 3. The van der Waals surface area contributed by atoms with Gasteiger partial charge in [0.2, 0.25) is 10.0 Å². The molecule has 112 valence electrons. The van der Waals surface area contributed by atoms with E-state index in [1.165, 1.54) is 18.2 Å². The Kier molecular flexibility index (Phi) is 4.34. The topological polar surface area (TPSA) is 46.2 Å². The van der Waals surface area contributed by atoms with E-state index in [0.29, 0.717) is 17.2 Å². The van der Waals surface area contributed by atoms with Crippen molar-refractivity contribution in [1.82, 2.24) is 4.72 Å². The zero-order valence-electron chi connectivity index (χ0n) is 11.0. The van der Waals surface area contributed by atoms with Gasteiger partial charge in [0.05, 0.1) is 4.90 Å². The molecular weight excluding hydrogens is 303 g/mol. The fourth-order valence-corrected chi connectivity index (χ4v) is 2.75. The highest BCUT2D eigenvalue weighted by Crippen LogP contribution is 2.15. The van der Waals surface area contributed by atoms with Crippen LogP contribution in [0.25, 0.3) is 0 Å². The summed E-state index contributed by atoms with van der Waals surface area (Å²) in [5.74, 6) is -2.75. The van der Waals surface area contributed by atoms with E-state index in [2.05, 4.69) is 4.72 Å². The molecule has 0 aliphatic carbocycles. The van der Waals surface area contributed by atoms with E-state index in [1.807, 2.05) is 0 Å². The SMILES string of the molecule is Cc1cc(CNS(=O)(=O)c2ccc(F)c(F)c2)ccc1F. The number of benzene rings is 2.